The molecular formula is C17H21NO4. The highest BCUT2D eigenvalue weighted by Gasteiger charge is 2.35. The number of rotatable bonds is 4. The molecule has 0 saturated carbocycles. The minimum absolute atomic E-state index is 0.00757. The van der Waals surface area contributed by atoms with Crippen molar-refractivity contribution in [3.63, 3.8) is 0 Å². The molecule has 118 valence electrons. The Bertz CT molecular complexity index is 579. The van der Waals surface area contributed by atoms with E-state index in [4.69, 9.17) is 0 Å². The molecule has 0 bridgehead atoms. The molecule has 2 atom stereocenters. The first-order chi connectivity index (χ1) is 10.4. The fraction of sp³-hybridized carbons (Fsp3) is 0.471. The average Bonchev–Trinajstić information content (AvgIpc) is 2.47. The molecule has 0 radical (unpaired) electrons. The van der Waals surface area contributed by atoms with Crippen molar-refractivity contribution in [2.24, 2.45) is 5.92 Å². The maximum atomic E-state index is 12.4. The third kappa shape index (κ3) is 3.53. The largest absolute Gasteiger partial charge is 0.481 e. The van der Waals surface area contributed by atoms with Crippen LogP contribution in [0.2, 0.25) is 0 Å². The van der Waals surface area contributed by atoms with Crippen molar-refractivity contribution in [1.82, 2.24) is 4.90 Å². The second kappa shape index (κ2) is 6.73. The van der Waals surface area contributed by atoms with Crippen LogP contribution in [0.15, 0.2) is 24.3 Å². The van der Waals surface area contributed by atoms with Gasteiger partial charge in [0.2, 0.25) is 5.91 Å². The number of hydrogen-bond donors (Lipinski definition) is 1. The zero-order chi connectivity index (χ0) is 16.3. The summed E-state index contributed by atoms with van der Waals surface area (Å²) in [6.45, 7) is 3.91. The maximum absolute atomic E-state index is 12.4. The number of carbonyl (C=O) groups is 3. The van der Waals surface area contributed by atoms with Crippen molar-refractivity contribution in [3.8, 4) is 0 Å². The molecule has 1 fully saturated rings. The van der Waals surface area contributed by atoms with E-state index >= 15 is 0 Å². The Morgan fingerprint density at radius 2 is 1.86 bits per heavy atom. The van der Waals surface area contributed by atoms with Crippen LogP contribution in [0.1, 0.15) is 42.6 Å². The van der Waals surface area contributed by atoms with E-state index in [1.807, 2.05) is 0 Å². The molecular weight excluding hydrogens is 282 g/mol. The van der Waals surface area contributed by atoms with Crippen molar-refractivity contribution >= 4 is 17.7 Å². The van der Waals surface area contributed by atoms with Crippen LogP contribution in [0, 0.1) is 5.92 Å². The molecule has 1 N–H and O–H groups in total. The first-order valence-corrected chi connectivity index (χ1v) is 7.52. The lowest BCUT2D eigenvalue weighted by Gasteiger charge is -2.37. The summed E-state index contributed by atoms with van der Waals surface area (Å²) in [4.78, 5) is 36.6. The molecule has 1 aliphatic heterocycles. The van der Waals surface area contributed by atoms with Gasteiger partial charge < -0.3 is 10.0 Å². The third-order valence-corrected chi connectivity index (χ3v) is 4.34. The van der Waals surface area contributed by atoms with Crippen LogP contribution in [0.4, 0.5) is 0 Å². The lowest BCUT2D eigenvalue weighted by molar-refractivity contribution is -0.148. The van der Waals surface area contributed by atoms with E-state index in [0.717, 1.165) is 12.0 Å². The zero-order valence-corrected chi connectivity index (χ0v) is 12.9. The van der Waals surface area contributed by atoms with Gasteiger partial charge in [0, 0.05) is 18.2 Å². The highest BCUT2D eigenvalue weighted by molar-refractivity contribution is 5.94. The molecule has 1 aromatic rings. The molecule has 0 spiro atoms. The number of amides is 1. The number of benzene rings is 1. The molecule has 1 amide bonds. The van der Waals surface area contributed by atoms with Crippen LogP contribution in [0.25, 0.3) is 0 Å². The van der Waals surface area contributed by atoms with E-state index in [1.165, 1.54) is 6.92 Å². The summed E-state index contributed by atoms with van der Waals surface area (Å²) in [5.74, 6) is -1.39. The number of nitrogens with zero attached hydrogens (tertiary/aromatic N) is 1. The van der Waals surface area contributed by atoms with E-state index in [-0.39, 0.29) is 24.2 Å². The van der Waals surface area contributed by atoms with Gasteiger partial charge in [-0.1, -0.05) is 24.3 Å². The lowest BCUT2D eigenvalue weighted by Crippen LogP contribution is -2.49. The Hall–Kier alpha value is -2.17. The van der Waals surface area contributed by atoms with E-state index in [2.05, 4.69) is 0 Å². The summed E-state index contributed by atoms with van der Waals surface area (Å²) >= 11 is 0. The second-order valence-electron chi connectivity index (χ2n) is 5.84. The first-order valence-electron chi connectivity index (χ1n) is 7.52. The fourth-order valence-electron chi connectivity index (χ4n) is 2.96. The smallest absolute Gasteiger partial charge is 0.308 e. The monoisotopic (exact) mass is 303 g/mol. The van der Waals surface area contributed by atoms with Crippen molar-refractivity contribution in [1.29, 1.82) is 0 Å². The average molecular weight is 303 g/mol. The summed E-state index contributed by atoms with van der Waals surface area (Å²) in [5, 5.41) is 9.21. The van der Waals surface area contributed by atoms with Crippen LogP contribution in [-0.2, 0) is 16.0 Å². The van der Waals surface area contributed by atoms with Gasteiger partial charge in [0.15, 0.2) is 5.78 Å². The van der Waals surface area contributed by atoms with E-state index in [0.29, 0.717) is 18.5 Å². The lowest BCUT2D eigenvalue weighted by atomic mass is 9.90. The normalized spacial score (nSPS) is 21.5. The van der Waals surface area contributed by atoms with Crippen LogP contribution in [0.5, 0.6) is 0 Å². The van der Waals surface area contributed by atoms with Crippen LogP contribution in [0.3, 0.4) is 0 Å². The highest BCUT2D eigenvalue weighted by atomic mass is 16.4. The zero-order valence-electron chi connectivity index (χ0n) is 12.9. The summed E-state index contributed by atoms with van der Waals surface area (Å²) in [7, 11) is 0. The SMILES string of the molecule is CC(=O)c1ccc(CC(=O)N2CCC[C@@H](C(=O)O)[C@H]2C)cc1. The predicted octanol–water partition coefficient (Wildman–Crippen LogP) is 2.14. The van der Waals surface area contributed by atoms with Gasteiger partial charge in [-0.2, -0.15) is 0 Å². The summed E-state index contributed by atoms with van der Waals surface area (Å²) in [6, 6.07) is 6.70. The van der Waals surface area contributed by atoms with Gasteiger partial charge >= 0.3 is 5.97 Å². The molecule has 0 aliphatic carbocycles. The van der Waals surface area contributed by atoms with Gasteiger partial charge in [-0.15, -0.1) is 0 Å². The molecule has 0 aromatic heterocycles. The molecule has 22 heavy (non-hydrogen) atoms. The van der Waals surface area contributed by atoms with Crippen molar-refractivity contribution < 1.29 is 19.5 Å². The number of carboxylic acid groups (broad SMARTS) is 1. The quantitative estimate of drug-likeness (QED) is 0.865. The van der Waals surface area contributed by atoms with Crippen molar-refractivity contribution in [2.75, 3.05) is 6.54 Å². The number of carboxylic acids is 1. The van der Waals surface area contributed by atoms with Gasteiger partial charge in [-0.25, -0.2) is 0 Å². The van der Waals surface area contributed by atoms with Crippen LogP contribution in [-0.4, -0.2) is 40.3 Å². The van der Waals surface area contributed by atoms with Crippen molar-refractivity contribution in [2.45, 2.75) is 39.2 Å². The van der Waals surface area contributed by atoms with Crippen LogP contribution >= 0.6 is 0 Å². The predicted molar refractivity (Wildman–Crippen MR) is 81.7 cm³/mol. The Labute approximate surface area is 129 Å². The topological polar surface area (TPSA) is 74.7 Å². The Kier molecular flexibility index (Phi) is 4.96. The minimum atomic E-state index is -0.837. The number of hydrogen-bond acceptors (Lipinski definition) is 3. The van der Waals surface area contributed by atoms with Gasteiger partial charge in [-0.3, -0.25) is 14.4 Å². The molecule has 1 aromatic carbocycles. The number of carbonyl (C=O) groups excluding carboxylic acids is 2. The molecule has 5 nitrogen and oxygen atoms in total. The number of aliphatic carboxylic acids is 1. The molecule has 1 aliphatic rings. The third-order valence-electron chi connectivity index (χ3n) is 4.34. The van der Waals surface area contributed by atoms with Crippen molar-refractivity contribution in [3.05, 3.63) is 35.4 Å². The molecule has 1 heterocycles. The number of likely N-dealkylation sites (tertiary alicyclic amines) is 1. The van der Waals surface area contributed by atoms with Gasteiger partial charge in [-0.05, 0) is 32.3 Å². The molecule has 0 unspecified atom stereocenters. The molecule has 1 saturated heterocycles. The van der Waals surface area contributed by atoms with Crippen LogP contribution < -0.4 is 0 Å². The molecule has 2 rings (SSSR count). The number of piperidine rings is 1. The summed E-state index contributed by atoms with van der Waals surface area (Å²) < 4.78 is 0. The highest BCUT2D eigenvalue weighted by Crippen LogP contribution is 2.24. The Morgan fingerprint density at radius 3 is 2.41 bits per heavy atom. The Balaban J connectivity index is 2.04. The fourth-order valence-corrected chi connectivity index (χ4v) is 2.96. The van der Waals surface area contributed by atoms with Gasteiger partial charge in [0.1, 0.15) is 0 Å². The van der Waals surface area contributed by atoms with E-state index < -0.39 is 11.9 Å². The standard InChI is InChI=1S/C17H21NO4/c1-11-15(17(21)22)4-3-9-18(11)16(20)10-13-5-7-14(8-6-13)12(2)19/h5-8,11,15H,3-4,9-10H2,1-2H3,(H,21,22)/t11-,15-/m1/s1. The minimum Gasteiger partial charge on any atom is -0.481 e. The number of Topliss-reactive ketones (excluding diaryl/α,β-unsaturated/α-hetero) is 1. The van der Waals surface area contributed by atoms with Gasteiger partial charge in [0.25, 0.3) is 0 Å². The second-order valence-corrected chi connectivity index (χ2v) is 5.84. The maximum Gasteiger partial charge on any atom is 0.308 e. The summed E-state index contributed by atoms with van der Waals surface area (Å²) in [5.41, 5.74) is 1.45. The van der Waals surface area contributed by atoms with E-state index in [1.54, 1.807) is 36.1 Å². The Morgan fingerprint density at radius 1 is 1.23 bits per heavy atom. The number of ketones is 1. The van der Waals surface area contributed by atoms with Gasteiger partial charge in [0.05, 0.1) is 12.3 Å². The van der Waals surface area contributed by atoms with E-state index in [9.17, 15) is 19.5 Å². The summed E-state index contributed by atoms with van der Waals surface area (Å²) in [6.07, 6.45) is 1.57. The first kappa shape index (κ1) is 16.2. The molecule has 5 heteroatoms.